The molecule has 2 heterocycles. The average Bonchev–Trinajstić information content (AvgIpc) is 2.78. The molecule has 78 valence electrons. The molecule has 1 aliphatic heterocycles. The van der Waals surface area contributed by atoms with Gasteiger partial charge in [-0.1, -0.05) is 0 Å². The van der Waals surface area contributed by atoms with Crippen LogP contribution in [0.4, 0.5) is 0 Å². The Bertz CT molecular complexity index is 275. The van der Waals surface area contributed by atoms with E-state index in [-0.39, 0.29) is 11.6 Å². The minimum Gasteiger partial charge on any atom is -0.468 e. The summed E-state index contributed by atoms with van der Waals surface area (Å²) in [6, 6.07) is 4.06. The second-order valence-electron chi connectivity index (χ2n) is 4.00. The summed E-state index contributed by atoms with van der Waals surface area (Å²) in [6.07, 6.45) is 3.92. The van der Waals surface area contributed by atoms with E-state index in [9.17, 15) is 0 Å². The molecule has 2 rings (SSSR count). The van der Waals surface area contributed by atoms with Gasteiger partial charge in [0.25, 0.3) is 0 Å². The minimum atomic E-state index is -0.118. The third-order valence-electron chi connectivity index (χ3n) is 2.98. The molecule has 1 aromatic heterocycles. The van der Waals surface area contributed by atoms with Crippen LogP contribution in [-0.2, 0) is 4.74 Å². The summed E-state index contributed by atoms with van der Waals surface area (Å²) in [5.41, 5.74) is -0.118. The van der Waals surface area contributed by atoms with E-state index >= 15 is 0 Å². The average molecular weight is 195 g/mol. The Morgan fingerprint density at radius 2 is 2.43 bits per heavy atom. The topological polar surface area (TPSA) is 34.4 Å². The molecular weight excluding hydrogens is 178 g/mol. The van der Waals surface area contributed by atoms with Crippen LogP contribution < -0.4 is 5.32 Å². The molecule has 0 saturated carbocycles. The van der Waals surface area contributed by atoms with Crippen molar-refractivity contribution in [1.29, 1.82) is 0 Å². The number of ether oxygens (including phenoxy) is 1. The van der Waals surface area contributed by atoms with Gasteiger partial charge in [0.2, 0.25) is 0 Å². The van der Waals surface area contributed by atoms with Crippen LogP contribution in [0.15, 0.2) is 22.8 Å². The number of furan rings is 1. The molecule has 0 amide bonds. The summed E-state index contributed by atoms with van der Waals surface area (Å²) in [5, 5.41) is 3.27. The van der Waals surface area contributed by atoms with Crippen molar-refractivity contribution in [2.75, 3.05) is 13.7 Å². The Labute approximate surface area is 84.4 Å². The first-order chi connectivity index (χ1) is 6.76. The molecule has 1 aliphatic rings. The molecule has 0 aromatic carbocycles. The SMILES string of the molecule is CNC(c1ccco1)C1(C)CCCO1. The molecule has 1 fully saturated rings. The lowest BCUT2D eigenvalue weighted by Gasteiger charge is -2.31. The van der Waals surface area contributed by atoms with Gasteiger partial charge in [-0.2, -0.15) is 0 Å². The zero-order valence-electron chi connectivity index (χ0n) is 8.75. The Hall–Kier alpha value is -0.800. The van der Waals surface area contributed by atoms with Gasteiger partial charge in [-0.05, 0) is 38.9 Å². The number of nitrogens with one attached hydrogen (secondary N) is 1. The first-order valence-electron chi connectivity index (χ1n) is 5.11. The fourth-order valence-corrected chi connectivity index (χ4v) is 2.23. The van der Waals surface area contributed by atoms with Crippen molar-refractivity contribution >= 4 is 0 Å². The van der Waals surface area contributed by atoms with E-state index in [2.05, 4.69) is 12.2 Å². The number of hydrogen-bond donors (Lipinski definition) is 1. The minimum absolute atomic E-state index is 0.118. The van der Waals surface area contributed by atoms with E-state index in [1.807, 2.05) is 19.2 Å². The Morgan fingerprint density at radius 3 is 2.93 bits per heavy atom. The second-order valence-corrected chi connectivity index (χ2v) is 4.00. The van der Waals surface area contributed by atoms with E-state index in [0.29, 0.717) is 0 Å². The predicted octanol–water partition coefficient (Wildman–Crippen LogP) is 2.11. The van der Waals surface area contributed by atoms with Crippen molar-refractivity contribution in [3.05, 3.63) is 24.2 Å². The maximum Gasteiger partial charge on any atom is 0.123 e. The van der Waals surface area contributed by atoms with Gasteiger partial charge in [-0.3, -0.25) is 0 Å². The maximum absolute atomic E-state index is 5.79. The highest BCUT2D eigenvalue weighted by atomic mass is 16.5. The summed E-state index contributed by atoms with van der Waals surface area (Å²) < 4.78 is 11.2. The zero-order valence-corrected chi connectivity index (χ0v) is 8.75. The van der Waals surface area contributed by atoms with Crippen LogP contribution in [0.2, 0.25) is 0 Å². The zero-order chi connectivity index (χ0) is 10.0. The highest BCUT2D eigenvalue weighted by molar-refractivity contribution is 5.10. The first-order valence-corrected chi connectivity index (χ1v) is 5.11. The number of rotatable bonds is 3. The molecule has 0 aliphatic carbocycles. The van der Waals surface area contributed by atoms with Crippen molar-refractivity contribution in [2.24, 2.45) is 0 Å². The highest BCUT2D eigenvalue weighted by Gasteiger charge is 2.39. The van der Waals surface area contributed by atoms with Crippen molar-refractivity contribution < 1.29 is 9.15 Å². The molecule has 14 heavy (non-hydrogen) atoms. The van der Waals surface area contributed by atoms with Crippen LogP contribution >= 0.6 is 0 Å². The number of hydrogen-bond acceptors (Lipinski definition) is 3. The normalized spacial score (nSPS) is 29.3. The van der Waals surface area contributed by atoms with E-state index < -0.39 is 0 Å². The molecule has 0 spiro atoms. The van der Waals surface area contributed by atoms with E-state index in [1.54, 1.807) is 6.26 Å². The Morgan fingerprint density at radius 1 is 1.57 bits per heavy atom. The van der Waals surface area contributed by atoms with Crippen molar-refractivity contribution in [3.8, 4) is 0 Å². The number of likely N-dealkylation sites (N-methyl/N-ethyl adjacent to an activating group) is 1. The van der Waals surface area contributed by atoms with Crippen LogP contribution in [0.5, 0.6) is 0 Å². The largest absolute Gasteiger partial charge is 0.468 e. The van der Waals surface area contributed by atoms with Gasteiger partial charge in [0.05, 0.1) is 17.9 Å². The van der Waals surface area contributed by atoms with Crippen LogP contribution in [0.3, 0.4) is 0 Å². The maximum atomic E-state index is 5.79. The van der Waals surface area contributed by atoms with Crippen molar-refractivity contribution in [2.45, 2.75) is 31.4 Å². The standard InChI is InChI=1S/C11H17NO2/c1-11(6-4-8-14-11)10(12-2)9-5-3-7-13-9/h3,5,7,10,12H,4,6,8H2,1-2H3. The lowest BCUT2D eigenvalue weighted by atomic mass is 9.91. The Balaban J connectivity index is 2.20. The molecule has 3 heteroatoms. The summed E-state index contributed by atoms with van der Waals surface area (Å²) >= 11 is 0. The lowest BCUT2D eigenvalue weighted by Crippen LogP contribution is -2.39. The fraction of sp³-hybridized carbons (Fsp3) is 0.636. The fourth-order valence-electron chi connectivity index (χ4n) is 2.23. The molecule has 1 aromatic rings. The molecule has 0 radical (unpaired) electrons. The summed E-state index contributed by atoms with van der Waals surface area (Å²) in [4.78, 5) is 0. The summed E-state index contributed by atoms with van der Waals surface area (Å²) in [7, 11) is 1.94. The van der Waals surface area contributed by atoms with Crippen LogP contribution in [0, 0.1) is 0 Å². The quantitative estimate of drug-likeness (QED) is 0.802. The molecule has 2 atom stereocenters. The van der Waals surface area contributed by atoms with Crippen molar-refractivity contribution in [1.82, 2.24) is 5.32 Å². The van der Waals surface area contributed by atoms with E-state index in [1.165, 1.54) is 0 Å². The molecule has 2 unspecified atom stereocenters. The van der Waals surface area contributed by atoms with Crippen molar-refractivity contribution in [3.63, 3.8) is 0 Å². The van der Waals surface area contributed by atoms with Gasteiger partial charge in [0, 0.05) is 6.61 Å². The Kier molecular flexibility index (Phi) is 2.61. The van der Waals surface area contributed by atoms with Gasteiger partial charge in [-0.25, -0.2) is 0 Å². The highest BCUT2D eigenvalue weighted by Crippen LogP contribution is 2.37. The summed E-state index contributed by atoms with van der Waals surface area (Å²) in [5.74, 6) is 0.955. The molecule has 1 N–H and O–H groups in total. The van der Waals surface area contributed by atoms with E-state index in [0.717, 1.165) is 25.2 Å². The van der Waals surface area contributed by atoms with Crippen LogP contribution in [0.25, 0.3) is 0 Å². The lowest BCUT2D eigenvalue weighted by molar-refractivity contribution is -0.0160. The molecule has 1 saturated heterocycles. The third-order valence-corrected chi connectivity index (χ3v) is 2.98. The van der Waals surface area contributed by atoms with Gasteiger partial charge in [-0.15, -0.1) is 0 Å². The third kappa shape index (κ3) is 1.57. The van der Waals surface area contributed by atoms with Gasteiger partial charge in [0.1, 0.15) is 5.76 Å². The summed E-state index contributed by atoms with van der Waals surface area (Å²) in [6.45, 7) is 3.00. The second kappa shape index (κ2) is 3.75. The van der Waals surface area contributed by atoms with E-state index in [4.69, 9.17) is 9.15 Å². The molecule has 0 bridgehead atoms. The molecule has 3 nitrogen and oxygen atoms in total. The van der Waals surface area contributed by atoms with Gasteiger partial charge >= 0.3 is 0 Å². The first kappa shape index (κ1) is 9.74. The van der Waals surface area contributed by atoms with Crippen LogP contribution in [0.1, 0.15) is 31.6 Å². The molecular formula is C11H17NO2. The smallest absolute Gasteiger partial charge is 0.123 e. The van der Waals surface area contributed by atoms with Gasteiger partial charge < -0.3 is 14.5 Å². The van der Waals surface area contributed by atoms with Gasteiger partial charge in [0.15, 0.2) is 0 Å². The van der Waals surface area contributed by atoms with Crippen LogP contribution in [-0.4, -0.2) is 19.3 Å². The monoisotopic (exact) mass is 195 g/mol. The predicted molar refractivity (Wildman–Crippen MR) is 54.1 cm³/mol.